The van der Waals surface area contributed by atoms with Crippen LogP contribution in [0.1, 0.15) is 42.3 Å². The van der Waals surface area contributed by atoms with Crippen molar-refractivity contribution < 1.29 is 4.39 Å². The van der Waals surface area contributed by atoms with E-state index in [1.807, 2.05) is 78.9 Å². The Morgan fingerprint density at radius 3 is 2.24 bits per heavy atom. The van der Waals surface area contributed by atoms with Gasteiger partial charge in [0, 0.05) is 17.8 Å². The lowest BCUT2D eigenvalue weighted by Crippen LogP contribution is -2.26. The Hall–Kier alpha value is -4.33. The molecule has 0 saturated carbocycles. The van der Waals surface area contributed by atoms with Gasteiger partial charge >= 0.3 is 5.69 Å². The third-order valence-electron chi connectivity index (χ3n) is 6.93. The van der Waals surface area contributed by atoms with Crippen molar-refractivity contribution in [3.63, 3.8) is 0 Å². The van der Waals surface area contributed by atoms with Gasteiger partial charge in [-0.2, -0.15) is 5.21 Å². The van der Waals surface area contributed by atoms with E-state index in [2.05, 4.69) is 27.5 Å². The number of hydrogen-bond acceptors (Lipinski definition) is 4. The molecular formula is C30H31FN6O. The highest BCUT2D eigenvalue weighted by Crippen LogP contribution is 2.30. The molecule has 0 bridgehead atoms. The van der Waals surface area contributed by atoms with Gasteiger partial charge in [0.05, 0.1) is 12.2 Å². The number of aromatic amines is 1. The number of hydrogen-bond donors (Lipinski definition) is 1. The Morgan fingerprint density at radius 1 is 0.816 bits per heavy atom. The predicted molar refractivity (Wildman–Crippen MR) is 146 cm³/mol. The topological polar surface area (TPSA) is 81.4 Å². The molecule has 2 heterocycles. The van der Waals surface area contributed by atoms with Crippen LogP contribution in [0.4, 0.5) is 4.39 Å². The summed E-state index contributed by atoms with van der Waals surface area (Å²) in [6, 6.07) is 26.0. The quantitative estimate of drug-likeness (QED) is 0.251. The fourth-order valence-electron chi connectivity index (χ4n) is 4.92. The zero-order valence-corrected chi connectivity index (χ0v) is 21.5. The first-order valence-electron chi connectivity index (χ1n) is 13.0. The SMILES string of the molecule is CCCCc1c(CF)n(CCc2ccccc2)c(=O)n1Cc1ccc(-c2ccccc2-c2nn[nH]n2)cc1. The summed E-state index contributed by atoms with van der Waals surface area (Å²) in [5, 5.41) is 14.4. The maximum atomic E-state index is 14.3. The molecule has 0 aliphatic rings. The number of unbranched alkanes of at least 4 members (excludes halogenated alkanes) is 1. The van der Waals surface area contributed by atoms with Crippen LogP contribution in [0.15, 0.2) is 83.7 Å². The van der Waals surface area contributed by atoms with Gasteiger partial charge in [0.2, 0.25) is 5.82 Å². The molecule has 7 nitrogen and oxygen atoms in total. The zero-order valence-electron chi connectivity index (χ0n) is 21.5. The lowest BCUT2D eigenvalue weighted by molar-refractivity contribution is 0.450. The second kappa shape index (κ2) is 11.8. The maximum absolute atomic E-state index is 14.3. The van der Waals surface area contributed by atoms with Crippen LogP contribution >= 0.6 is 0 Å². The molecule has 2 aromatic heterocycles. The van der Waals surface area contributed by atoms with E-state index in [4.69, 9.17) is 0 Å². The smallest absolute Gasteiger partial charge is 0.293 e. The Bertz CT molecular complexity index is 1520. The average molecular weight is 511 g/mol. The van der Waals surface area contributed by atoms with Gasteiger partial charge in [-0.1, -0.05) is 92.2 Å². The largest absolute Gasteiger partial charge is 0.328 e. The summed E-state index contributed by atoms with van der Waals surface area (Å²) in [5.41, 5.74) is 6.16. The molecule has 0 atom stereocenters. The lowest BCUT2D eigenvalue weighted by Gasteiger charge is -2.10. The summed E-state index contributed by atoms with van der Waals surface area (Å²) in [6.45, 7) is 2.31. The second-order valence-corrected chi connectivity index (χ2v) is 9.36. The fourth-order valence-corrected chi connectivity index (χ4v) is 4.92. The maximum Gasteiger partial charge on any atom is 0.328 e. The zero-order chi connectivity index (χ0) is 26.3. The first-order chi connectivity index (χ1) is 18.7. The van der Waals surface area contributed by atoms with Crippen LogP contribution in [0.2, 0.25) is 0 Å². The van der Waals surface area contributed by atoms with E-state index in [9.17, 15) is 9.18 Å². The minimum absolute atomic E-state index is 0.147. The molecular weight excluding hydrogens is 479 g/mol. The van der Waals surface area contributed by atoms with Crippen molar-refractivity contribution in [2.45, 2.75) is 52.4 Å². The van der Waals surface area contributed by atoms with Crippen LogP contribution in [0, 0.1) is 0 Å². The van der Waals surface area contributed by atoms with Gasteiger partial charge < -0.3 is 0 Å². The number of rotatable bonds is 11. The van der Waals surface area contributed by atoms with Crippen LogP contribution in [-0.2, 0) is 32.6 Å². The van der Waals surface area contributed by atoms with Crippen LogP contribution in [0.3, 0.4) is 0 Å². The van der Waals surface area contributed by atoms with Gasteiger partial charge in [-0.3, -0.25) is 9.13 Å². The van der Waals surface area contributed by atoms with Gasteiger partial charge in [0.15, 0.2) is 0 Å². The number of nitrogens with one attached hydrogen (secondary N) is 1. The van der Waals surface area contributed by atoms with Crippen molar-refractivity contribution in [1.82, 2.24) is 29.8 Å². The summed E-state index contributed by atoms with van der Waals surface area (Å²) >= 11 is 0. The number of nitrogens with zero attached hydrogens (tertiary/aromatic N) is 5. The van der Waals surface area contributed by atoms with Crippen LogP contribution in [0.25, 0.3) is 22.5 Å². The van der Waals surface area contributed by atoms with Crippen LogP contribution in [-0.4, -0.2) is 29.8 Å². The molecule has 0 amide bonds. The van der Waals surface area contributed by atoms with Crippen molar-refractivity contribution in [3.05, 3.63) is 112 Å². The minimum Gasteiger partial charge on any atom is -0.293 e. The number of aromatic nitrogens is 6. The van der Waals surface area contributed by atoms with Crippen LogP contribution < -0.4 is 5.69 Å². The summed E-state index contributed by atoms with van der Waals surface area (Å²) < 4.78 is 17.7. The van der Waals surface area contributed by atoms with Crippen molar-refractivity contribution >= 4 is 0 Å². The molecule has 0 saturated heterocycles. The Labute approximate surface area is 221 Å². The molecule has 0 aliphatic carbocycles. The molecule has 0 spiro atoms. The molecule has 0 aliphatic heterocycles. The Kier molecular flexibility index (Phi) is 7.87. The van der Waals surface area contributed by atoms with Gasteiger partial charge in [-0.25, -0.2) is 9.18 Å². The molecule has 0 fully saturated rings. The van der Waals surface area contributed by atoms with E-state index >= 15 is 0 Å². The summed E-state index contributed by atoms with van der Waals surface area (Å²) in [6.07, 6.45) is 3.24. The second-order valence-electron chi connectivity index (χ2n) is 9.36. The normalized spacial score (nSPS) is 11.2. The van der Waals surface area contributed by atoms with E-state index in [-0.39, 0.29) is 5.69 Å². The molecule has 38 heavy (non-hydrogen) atoms. The van der Waals surface area contributed by atoms with E-state index < -0.39 is 6.67 Å². The number of alkyl halides is 1. The third-order valence-corrected chi connectivity index (χ3v) is 6.93. The lowest BCUT2D eigenvalue weighted by atomic mass is 9.98. The van der Waals surface area contributed by atoms with Gasteiger partial charge in [-0.05, 0) is 46.7 Å². The van der Waals surface area contributed by atoms with Gasteiger partial charge in [0.25, 0.3) is 0 Å². The van der Waals surface area contributed by atoms with E-state index in [0.717, 1.165) is 46.4 Å². The summed E-state index contributed by atoms with van der Waals surface area (Å²) in [5.74, 6) is 0.535. The van der Waals surface area contributed by atoms with Crippen molar-refractivity contribution in [1.29, 1.82) is 0 Å². The molecule has 5 aromatic rings. The monoisotopic (exact) mass is 510 g/mol. The molecule has 1 N–H and O–H groups in total. The molecule has 0 unspecified atom stereocenters. The molecule has 5 rings (SSSR count). The van der Waals surface area contributed by atoms with Crippen LogP contribution in [0.5, 0.6) is 0 Å². The fraction of sp³-hybridized carbons (Fsp3) is 0.267. The van der Waals surface area contributed by atoms with Gasteiger partial charge in [0.1, 0.15) is 6.67 Å². The van der Waals surface area contributed by atoms with Gasteiger partial charge in [-0.15, -0.1) is 10.2 Å². The molecule has 0 radical (unpaired) electrons. The van der Waals surface area contributed by atoms with E-state index in [1.54, 1.807) is 9.13 Å². The highest BCUT2D eigenvalue weighted by atomic mass is 19.1. The first kappa shape index (κ1) is 25.3. The average Bonchev–Trinajstić information content (AvgIpc) is 3.59. The summed E-state index contributed by atoms with van der Waals surface area (Å²) in [4.78, 5) is 13.6. The van der Waals surface area contributed by atoms with E-state index in [1.165, 1.54) is 0 Å². The first-order valence-corrected chi connectivity index (χ1v) is 13.0. The molecule has 3 aromatic carbocycles. The number of aryl methyl sites for hydroxylation is 1. The number of H-pyrrole nitrogens is 1. The molecule has 194 valence electrons. The van der Waals surface area contributed by atoms with Crippen molar-refractivity contribution in [2.75, 3.05) is 0 Å². The highest BCUT2D eigenvalue weighted by Gasteiger charge is 2.20. The number of imidazole rings is 1. The number of halogens is 1. The standard InChI is InChI=1S/C30H31FN6O/c1-2-3-13-27-28(20-31)36(19-18-22-9-5-4-6-10-22)30(38)37(27)21-23-14-16-24(17-15-23)25-11-7-8-12-26(25)29-32-34-35-33-29/h4-12,14-17H,2-3,13,18-21H2,1H3,(H,32,33,34,35). The number of tetrazole rings is 1. The Morgan fingerprint density at radius 2 is 1.55 bits per heavy atom. The predicted octanol–water partition coefficient (Wildman–Crippen LogP) is 5.60. The van der Waals surface area contributed by atoms with E-state index in [0.29, 0.717) is 37.4 Å². The minimum atomic E-state index is -0.651. The highest BCUT2D eigenvalue weighted by molar-refractivity contribution is 5.80. The number of benzene rings is 3. The third kappa shape index (κ3) is 5.34. The van der Waals surface area contributed by atoms with Crippen molar-refractivity contribution in [2.24, 2.45) is 0 Å². The Balaban J connectivity index is 1.44. The molecule has 8 heteroatoms. The summed E-state index contributed by atoms with van der Waals surface area (Å²) in [7, 11) is 0. The van der Waals surface area contributed by atoms with Crippen molar-refractivity contribution in [3.8, 4) is 22.5 Å².